The van der Waals surface area contributed by atoms with Gasteiger partial charge < -0.3 is 10.1 Å². The van der Waals surface area contributed by atoms with Crippen LogP contribution in [0.25, 0.3) is 22.2 Å². The molecule has 5 heteroatoms. The number of carboxylic acid groups (broad SMARTS) is 1. The van der Waals surface area contributed by atoms with E-state index in [0.717, 1.165) is 22.0 Å². The molecule has 0 saturated carbocycles. The minimum absolute atomic E-state index is 0.180. The van der Waals surface area contributed by atoms with E-state index in [1.807, 2.05) is 60.8 Å². The van der Waals surface area contributed by atoms with Crippen LogP contribution in [0.15, 0.2) is 66.9 Å². The second kappa shape index (κ2) is 5.70. The van der Waals surface area contributed by atoms with E-state index in [1.165, 1.54) is 4.68 Å². The maximum atomic E-state index is 11.6. The van der Waals surface area contributed by atoms with Crippen LogP contribution in [-0.4, -0.2) is 25.8 Å². The van der Waals surface area contributed by atoms with Gasteiger partial charge in [0.25, 0.3) is 0 Å². The summed E-state index contributed by atoms with van der Waals surface area (Å²) in [4.78, 5) is 14.8. The van der Waals surface area contributed by atoms with Crippen molar-refractivity contribution in [2.45, 2.75) is 6.54 Å². The van der Waals surface area contributed by atoms with Gasteiger partial charge in [-0.25, -0.2) is 4.79 Å². The number of para-hydroxylation sites is 1. The second-order valence-corrected chi connectivity index (χ2v) is 5.61. The number of carbonyl (C=O) groups is 1. The van der Waals surface area contributed by atoms with E-state index in [0.29, 0.717) is 12.2 Å². The van der Waals surface area contributed by atoms with Crippen LogP contribution >= 0.6 is 0 Å². The van der Waals surface area contributed by atoms with Crippen molar-refractivity contribution in [3.05, 3.63) is 78.1 Å². The van der Waals surface area contributed by atoms with Crippen molar-refractivity contribution in [1.29, 1.82) is 0 Å². The highest BCUT2D eigenvalue weighted by molar-refractivity contribution is 5.96. The summed E-state index contributed by atoms with van der Waals surface area (Å²) < 4.78 is 1.54. The lowest BCUT2D eigenvalue weighted by Crippen LogP contribution is -2.10. The molecule has 4 aromatic rings. The minimum Gasteiger partial charge on any atom is -0.477 e. The smallest absolute Gasteiger partial charge is 0.354 e. The summed E-state index contributed by atoms with van der Waals surface area (Å²) >= 11 is 0. The Morgan fingerprint density at radius 2 is 1.83 bits per heavy atom. The van der Waals surface area contributed by atoms with Gasteiger partial charge in [-0.3, -0.25) is 4.68 Å². The molecule has 0 radical (unpaired) electrons. The van der Waals surface area contributed by atoms with E-state index in [-0.39, 0.29) is 5.69 Å². The number of hydrogen-bond donors (Lipinski definition) is 2. The summed E-state index contributed by atoms with van der Waals surface area (Å²) in [5.74, 6) is -0.982. The molecule has 0 unspecified atom stereocenters. The first-order chi connectivity index (χ1) is 11.7. The van der Waals surface area contributed by atoms with Gasteiger partial charge in [-0.2, -0.15) is 5.10 Å². The highest BCUT2D eigenvalue weighted by atomic mass is 16.4. The molecule has 4 rings (SSSR count). The lowest BCUT2D eigenvalue weighted by Gasteiger charge is -2.04. The summed E-state index contributed by atoms with van der Waals surface area (Å²) in [5.41, 5.74) is 3.75. The first-order valence-corrected chi connectivity index (χ1v) is 7.64. The normalized spacial score (nSPS) is 11.0. The molecule has 0 bridgehead atoms. The number of nitrogens with one attached hydrogen (secondary N) is 1. The Kier molecular flexibility index (Phi) is 3.39. The van der Waals surface area contributed by atoms with E-state index in [2.05, 4.69) is 10.1 Å². The number of carboxylic acids is 1. The van der Waals surface area contributed by atoms with Gasteiger partial charge in [0.1, 0.15) is 5.69 Å². The van der Waals surface area contributed by atoms with Crippen molar-refractivity contribution in [3.8, 4) is 11.3 Å². The molecule has 0 saturated heterocycles. The molecule has 2 aromatic carbocycles. The molecule has 0 spiro atoms. The van der Waals surface area contributed by atoms with Gasteiger partial charge in [0.15, 0.2) is 0 Å². The zero-order chi connectivity index (χ0) is 16.5. The monoisotopic (exact) mass is 317 g/mol. The molecule has 0 atom stereocenters. The largest absolute Gasteiger partial charge is 0.477 e. The maximum absolute atomic E-state index is 11.6. The van der Waals surface area contributed by atoms with Crippen molar-refractivity contribution < 1.29 is 9.90 Å². The number of aromatic carboxylic acids is 1. The molecule has 5 nitrogen and oxygen atoms in total. The van der Waals surface area contributed by atoms with Crippen molar-refractivity contribution in [2.75, 3.05) is 0 Å². The number of benzene rings is 2. The minimum atomic E-state index is -0.982. The number of nitrogens with zero attached hydrogens (tertiary/aromatic N) is 2. The summed E-state index contributed by atoms with van der Waals surface area (Å²) in [6.45, 7) is 0.421. The fourth-order valence-electron chi connectivity index (χ4n) is 2.88. The maximum Gasteiger partial charge on any atom is 0.354 e. The van der Waals surface area contributed by atoms with Crippen LogP contribution in [0.3, 0.4) is 0 Å². The van der Waals surface area contributed by atoms with Gasteiger partial charge in [-0.1, -0.05) is 48.5 Å². The topological polar surface area (TPSA) is 70.9 Å². The molecule has 0 amide bonds. The standard InChI is InChI=1S/C19H15N3O2/c23-19(24)18-10-17(15-11-20-16-9-5-4-8-14(15)16)21-22(18)12-13-6-2-1-3-7-13/h1-11,20H,12H2,(H,23,24). The molecule has 118 valence electrons. The van der Waals surface area contributed by atoms with Gasteiger partial charge in [-0.15, -0.1) is 0 Å². The number of aromatic amines is 1. The number of hydrogen-bond acceptors (Lipinski definition) is 2. The summed E-state index contributed by atoms with van der Waals surface area (Å²) in [6.07, 6.45) is 1.87. The van der Waals surface area contributed by atoms with Gasteiger partial charge >= 0.3 is 5.97 Å². The third-order valence-electron chi connectivity index (χ3n) is 4.04. The zero-order valence-electron chi connectivity index (χ0n) is 12.8. The molecular formula is C19H15N3O2. The Hall–Kier alpha value is -3.34. The van der Waals surface area contributed by atoms with E-state index >= 15 is 0 Å². The van der Waals surface area contributed by atoms with E-state index in [4.69, 9.17) is 0 Å². The summed E-state index contributed by atoms with van der Waals surface area (Å²) in [7, 11) is 0. The number of aromatic nitrogens is 3. The molecule has 24 heavy (non-hydrogen) atoms. The third-order valence-corrected chi connectivity index (χ3v) is 4.04. The average molecular weight is 317 g/mol. The van der Waals surface area contributed by atoms with E-state index < -0.39 is 5.97 Å². The Morgan fingerprint density at radius 3 is 2.62 bits per heavy atom. The van der Waals surface area contributed by atoms with E-state index in [1.54, 1.807) is 6.07 Å². The van der Waals surface area contributed by atoms with Gasteiger partial charge in [0, 0.05) is 22.7 Å². The van der Waals surface area contributed by atoms with Crippen LogP contribution in [0.2, 0.25) is 0 Å². The van der Waals surface area contributed by atoms with Crippen molar-refractivity contribution in [1.82, 2.24) is 14.8 Å². The van der Waals surface area contributed by atoms with Crippen LogP contribution < -0.4 is 0 Å². The Morgan fingerprint density at radius 1 is 1.08 bits per heavy atom. The summed E-state index contributed by atoms with van der Waals surface area (Å²) in [5, 5.41) is 15.1. The zero-order valence-corrected chi connectivity index (χ0v) is 12.8. The van der Waals surface area contributed by atoms with Crippen LogP contribution in [0, 0.1) is 0 Å². The predicted octanol–water partition coefficient (Wildman–Crippen LogP) is 3.78. The number of H-pyrrole nitrogens is 1. The molecule has 2 N–H and O–H groups in total. The Bertz CT molecular complexity index is 1020. The number of fused-ring (bicyclic) bond motifs is 1. The lowest BCUT2D eigenvalue weighted by molar-refractivity contribution is 0.0684. The number of rotatable bonds is 4. The fraction of sp³-hybridized carbons (Fsp3) is 0.0526. The van der Waals surface area contributed by atoms with Gasteiger partial charge in [0.2, 0.25) is 0 Å². The summed E-state index contributed by atoms with van der Waals surface area (Å²) in [6, 6.07) is 19.2. The third kappa shape index (κ3) is 2.46. The van der Waals surface area contributed by atoms with Crippen LogP contribution in [-0.2, 0) is 6.54 Å². The van der Waals surface area contributed by atoms with Crippen LogP contribution in [0.4, 0.5) is 0 Å². The second-order valence-electron chi connectivity index (χ2n) is 5.61. The van der Waals surface area contributed by atoms with Crippen molar-refractivity contribution in [2.24, 2.45) is 0 Å². The molecule has 0 aliphatic rings. The average Bonchev–Trinajstić information content (AvgIpc) is 3.19. The highest BCUT2D eigenvalue weighted by Gasteiger charge is 2.17. The van der Waals surface area contributed by atoms with Gasteiger partial charge in [-0.05, 0) is 17.7 Å². The van der Waals surface area contributed by atoms with E-state index in [9.17, 15) is 9.90 Å². The lowest BCUT2D eigenvalue weighted by atomic mass is 10.1. The van der Waals surface area contributed by atoms with Gasteiger partial charge in [0.05, 0.1) is 12.2 Å². The molecule has 0 aliphatic heterocycles. The predicted molar refractivity (Wildman–Crippen MR) is 92.0 cm³/mol. The molecule has 0 aliphatic carbocycles. The molecule has 0 fully saturated rings. The van der Waals surface area contributed by atoms with Crippen molar-refractivity contribution in [3.63, 3.8) is 0 Å². The van der Waals surface area contributed by atoms with Crippen LogP contribution in [0.1, 0.15) is 16.1 Å². The quantitative estimate of drug-likeness (QED) is 0.602. The first kappa shape index (κ1) is 14.3. The highest BCUT2D eigenvalue weighted by Crippen LogP contribution is 2.28. The SMILES string of the molecule is O=C(O)c1cc(-c2c[nH]c3ccccc23)nn1Cc1ccccc1. The Balaban J connectivity index is 1.80. The van der Waals surface area contributed by atoms with Crippen LogP contribution in [0.5, 0.6) is 0 Å². The fourth-order valence-corrected chi connectivity index (χ4v) is 2.88. The Labute approximate surface area is 138 Å². The molecule has 2 aromatic heterocycles. The molecular weight excluding hydrogens is 302 g/mol. The van der Waals surface area contributed by atoms with Crippen molar-refractivity contribution >= 4 is 16.9 Å². The first-order valence-electron chi connectivity index (χ1n) is 7.64. The molecule has 2 heterocycles.